The first kappa shape index (κ1) is 15.4. The molecule has 0 aliphatic carbocycles. The molecular formula is C17H15BrFNO. The Labute approximate surface area is 131 Å². The average Bonchev–Trinajstić information content (AvgIpc) is 2.47. The molecule has 1 amide bonds. The van der Waals surface area contributed by atoms with Gasteiger partial charge in [-0.25, -0.2) is 4.39 Å². The van der Waals surface area contributed by atoms with E-state index in [1.54, 1.807) is 18.2 Å². The highest BCUT2D eigenvalue weighted by molar-refractivity contribution is 9.10. The Morgan fingerprint density at radius 3 is 2.67 bits per heavy atom. The van der Waals surface area contributed by atoms with Crippen molar-refractivity contribution in [3.05, 3.63) is 76.0 Å². The summed E-state index contributed by atoms with van der Waals surface area (Å²) in [6.45, 7) is 0.521. The molecule has 0 spiro atoms. The Bertz CT molecular complexity index is 637. The normalized spacial score (nSPS) is 10.8. The molecule has 0 fully saturated rings. The molecule has 0 saturated heterocycles. The lowest BCUT2D eigenvalue weighted by molar-refractivity contribution is -0.116. The van der Waals surface area contributed by atoms with Crippen molar-refractivity contribution in [1.29, 1.82) is 0 Å². The molecule has 2 nitrogen and oxygen atoms in total. The van der Waals surface area contributed by atoms with Crippen LogP contribution in [-0.4, -0.2) is 12.5 Å². The van der Waals surface area contributed by atoms with E-state index in [1.165, 1.54) is 18.2 Å². The summed E-state index contributed by atoms with van der Waals surface area (Å²) in [5.74, 6) is -0.392. The summed E-state index contributed by atoms with van der Waals surface area (Å²) in [4.78, 5) is 11.7. The number of carbonyl (C=O) groups excluding carboxylic acids is 1. The van der Waals surface area contributed by atoms with Gasteiger partial charge in [0.05, 0.1) is 0 Å². The minimum Gasteiger partial charge on any atom is -0.352 e. The second kappa shape index (κ2) is 7.74. The van der Waals surface area contributed by atoms with Crippen LogP contribution in [0.2, 0.25) is 0 Å². The Morgan fingerprint density at radius 2 is 1.95 bits per heavy atom. The number of hydrogen-bond donors (Lipinski definition) is 1. The number of benzene rings is 2. The zero-order valence-corrected chi connectivity index (χ0v) is 12.9. The topological polar surface area (TPSA) is 29.1 Å². The predicted molar refractivity (Wildman–Crippen MR) is 86.3 cm³/mol. The molecule has 4 heteroatoms. The maximum absolute atomic E-state index is 12.7. The molecule has 0 aromatic heterocycles. The van der Waals surface area contributed by atoms with E-state index >= 15 is 0 Å². The van der Waals surface area contributed by atoms with E-state index in [4.69, 9.17) is 0 Å². The maximum atomic E-state index is 12.7. The molecule has 0 atom stereocenters. The summed E-state index contributed by atoms with van der Waals surface area (Å²) in [5.41, 5.74) is 1.95. The third-order valence-corrected chi connectivity index (χ3v) is 3.40. The van der Waals surface area contributed by atoms with E-state index in [-0.39, 0.29) is 11.7 Å². The van der Waals surface area contributed by atoms with Gasteiger partial charge in [0, 0.05) is 17.1 Å². The van der Waals surface area contributed by atoms with E-state index in [9.17, 15) is 9.18 Å². The molecule has 2 aromatic carbocycles. The first-order valence-electron chi connectivity index (χ1n) is 6.59. The Kier molecular flexibility index (Phi) is 5.69. The van der Waals surface area contributed by atoms with Crippen LogP contribution < -0.4 is 5.32 Å². The van der Waals surface area contributed by atoms with Crippen molar-refractivity contribution in [2.45, 2.75) is 6.42 Å². The number of amides is 1. The molecule has 0 bridgehead atoms. The molecule has 108 valence electrons. The summed E-state index contributed by atoms with van der Waals surface area (Å²) in [5, 5.41) is 2.80. The lowest BCUT2D eigenvalue weighted by Gasteiger charge is -2.02. The summed E-state index contributed by atoms with van der Waals surface area (Å²) < 4.78 is 13.7. The first-order valence-corrected chi connectivity index (χ1v) is 7.39. The van der Waals surface area contributed by atoms with Crippen LogP contribution >= 0.6 is 15.9 Å². The van der Waals surface area contributed by atoms with Gasteiger partial charge >= 0.3 is 0 Å². The zero-order chi connectivity index (χ0) is 15.1. The van der Waals surface area contributed by atoms with Crippen LogP contribution in [0.3, 0.4) is 0 Å². The minimum atomic E-state index is -0.250. The van der Waals surface area contributed by atoms with Crippen LogP contribution in [0.15, 0.2) is 59.1 Å². The Hall–Kier alpha value is -1.94. The quantitative estimate of drug-likeness (QED) is 0.815. The van der Waals surface area contributed by atoms with Crippen molar-refractivity contribution in [3.8, 4) is 0 Å². The van der Waals surface area contributed by atoms with Crippen molar-refractivity contribution in [2.24, 2.45) is 0 Å². The molecule has 0 saturated carbocycles. The monoisotopic (exact) mass is 347 g/mol. The van der Waals surface area contributed by atoms with E-state index in [0.717, 1.165) is 15.6 Å². The zero-order valence-electron chi connectivity index (χ0n) is 11.4. The lowest BCUT2D eigenvalue weighted by Crippen LogP contribution is -2.23. The van der Waals surface area contributed by atoms with Crippen LogP contribution in [0, 0.1) is 5.82 Å². The van der Waals surface area contributed by atoms with Crippen LogP contribution in [0.5, 0.6) is 0 Å². The standard InChI is InChI=1S/C17H15BrFNO/c18-15-3-1-2-14(12-15)6-9-17(21)20-11-10-13-4-7-16(19)8-5-13/h1-9,12H,10-11H2,(H,20,21)/b9-6+. The molecule has 0 aliphatic heterocycles. The molecule has 2 rings (SSSR count). The summed E-state index contributed by atoms with van der Waals surface area (Å²) in [6, 6.07) is 14.0. The Balaban J connectivity index is 1.78. The number of rotatable bonds is 5. The molecule has 0 aliphatic rings. The van der Waals surface area contributed by atoms with Crippen LogP contribution in [0.4, 0.5) is 4.39 Å². The van der Waals surface area contributed by atoms with Gasteiger partial charge in [-0.2, -0.15) is 0 Å². The molecule has 21 heavy (non-hydrogen) atoms. The van der Waals surface area contributed by atoms with Crippen molar-refractivity contribution < 1.29 is 9.18 Å². The van der Waals surface area contributed by atoms with E-state index in [1.807, 2.05) is 24.3 Å². The van der Waals surface area contributed by atoms with Gasteiger partial charge in [-0.3, -0.25) is 4.79 Å². The van der Waals surface area contributed by atoms with Gasteiger partial charge in [0.25, 0.3) is 0 Å². The van der Waals surface area contributed by atoms with Gasteiger partial charge < -0.3 is 5.32 Å². The third kappa shape index (κ3) is 5.52. The number of carbonyl (C=O) groups is 1. The van der Waals surface area contributed by atoms with Crippen LogP contribution in [0.25, 0.3) is 6.08 Å². The number of nitrogens with one attached hydrogen (secondary N) is 1. The Morgan fingerprint density at radius 1 is 1.19 bits per heavy atom. The molecule has 0 unspecified atom stereocenters. The van der Waals surface area contributed by atoms with Gasteiger partial charge in [-0.15, -0.1) is 0 Å². The van der Waals surface area contributed by atoms with Crippen LogP contribution in [-0.2, 0) is 11.2 Å². The van der Waals surface area contributed by atoms with Crippen LogP contribution in [0.1, 0.15) is 11.1 Å². The smallest absolute Gasteiger partial charge is 0.244 e. The molecule has 0 radical (unpaired) electrons. The maximum Gasteiger partial charge on any atom is 0.244 e. The molecule has 1 N–H and O–H groups in total. The van der Waals surface area contributed by atoms with E-state index < -0.39 is 0 Å². The molecule has 2 aromatic rings. The minimum absolute atomic E-state index is 0.142. The summed E-state index contributed by atoms with van der Waals surface area (Å²) >= 11 is 3.38. The SMILES string of the molecule is O=C(/C=C/c1cccc(Br)c1)NCCc1ccc(F)cc1. The fourth-order valence-electron chi connectivity index (χ4n) is 1.82. The van der Waals surface area contributed by atoms with Crippen molar-refractivity contribution in [1.82, 2.24) is 5.32 Å². The van der Waals surface area contributed by atoms with Gasteiger partial charge in [-0.1, -0.05) is 40.2 Å². The fraction of sp³-hybridized carbons (Fsp3) is 0.118. The summed E-state index contributed by atoms with van der Waals surface area (Å²) in [6.07, 6.45) is 3.95. The second-order valence-electron chi connectivity index (χ2n) is 4.56. The molecule has 0 heterocycles. The highest BCUT2D eigenvalue weighted by Crippen LogP contribution is 2.12. The fourth-order valence-corrected chi connectivity index (χ4v) is 2.24. The summed E-state index contributed by atoms with van der Waals surface area (Å²) in [7, 11) is 0. The lowest BCUT2D eigenvalue weighted by atomic mass is 10.1. The van der Waals surface area contributed by atoms with E-state index in [2.05, 4.69) is 21.2 Å². The number of halogens is 2. The highest BCUT2D eigenvalue weighted by Gasteiger charge is 1.97. The van der Waals surface area contributed by atoms with Gasteiger partial charge in [0.2, 0.25) is 5.91 Å². The van der Waals surface area contributed by atoms with Gasteiger partial charge in [0.1, 0.15) is 5.82 Å². The van der Waals surface area contributed by atoms with Crippen molar-refractivity contribution in [2.75, 3.05) is 6.54 Å². The second-order valence-corrected chi connectivity index (χ2v) is 5.47. The number of hydrogen-bond acceptors (Lipinski definition) is 1. The third-order valence-electron chi connectivity index (χ3n) is 2.90. The highest BCUT2D eigenvalue weighted by atomic mass is 79.9. The van der Waals surface area contributed by atoms with E-state index in [0.29, 0.717) is 13.0 Å². The van der Waals surface area contributed by atoms with Gasteiger partial charge in [0.15, 0.2) is 0 Å². The van der Waals surface area contributed by atoms with Crippen molar-refractivity contribution in [3.63, 3.8) is 0 Å². The van der Waals surface area contributed by atoms with Crippen molar-refractivity contribution >= 4 is 27.9 Å². The first-order chi connectivity index (χ1) is 10.1. The molecular weight excluding hydrogens is 333 g/mol. The van der Waals surface area contributed by atoms with Gasteiger partial charge in [-0.05, 0) is 47.9 Å². The average molecular weight is 348 g/mol. The predicted octanol–water partition coefficient (Wildman–Crippen LogP) is 3.96. The largest absolute Gasteiger partial charge is 0.352 e.